The number of piperazine rings is 1. The molecule has 2 aliphatic rings. The number of amides is 2. The van der Waals surface area contributed by atoms with Crippen molar-refractivity contribution >= 4 is 29.2 Å². The fourth-order valence-corrected chi connectivity index (χ4v) is 4.25. The molecule has 1 aliphatic heterocycles. The minimum atomic E-state index is 0.0225. The summed E-state index contributed by atoms with van der Waals surface area (Å²) in [4.78, 5) is 30.9. The van der Waals surface area contributed by atoms with Crippen molar-refractivity contribution in [3.8, 4) is 11.3 Å². The maximum Gasteiger partial charge on any atom is 0.242 e. The Morgan fingerprint density at radius 2 is 1.81 bits per heavy atom. The number of anilines is 1. The Hall–Kier alpha value is -2.67. The summed E-state index contributed by atoms with van der Waals surface area (Å²) in [7, 11) is 0. The highest BCUT2D eigenvalue weighted by Gasteiger charge is 2.31. The van der Waals surface area contributed by atoms with Gasteiger partial charge >= 0.3 is 0 Å². The molecule has 2 heterocycles. The molecule has 0 N–H and O–H groups in total. The van der Waals surface area contributed by atoms with E-state index in [0.29, 0.717) is 37.7 Å². The van der Waals surface area contributed by atoms with Gasteiger partial charge in [-0.05, 0) is 38.0 Å². The van der Waals surface area contributed by atoms with Crippen molar-refractivity contribution in [2.45, 2.75) is 26.2 Å². The summed E-state index contributed by atoms with van der Waals surface area (Å²) in [5, 5.41) is 9.36. The average Bonchev–Trinajstić information content (AvgIpc) is 2.76. The highest BCUT2D eigenvalue weighted by atomic mass is 35.5. The molecule has 8 heteroatoms. The van der Waals surface area contributed by atoms with Crippen LogP contribution in [0.2, 0.25) is 5.02 Å². The van der Waals surface area contributed by atoms with Crippen LogP contribution >= 0.6 is 11.6 Å². The van der Waals surface area contributed by atoms with Gasteiger partial charge in [0.15, 0.2) is 5.82 Å². The molecule has 2 fully saturated rings. The number of carbonyl (C=O) groups excluding carboxylic acids is 2. The van der Waals surface area contributed by atoms with E-state index in [1.807, 2.05) is 48.2 Å². The number of halogens is 1. The Morgan fingerprint density at radius 1 is 1.06 bits per heavy atom. The minimum absolute atomic E-state index is 0.0225. The molecule has 0 spiro atoms. The third-order valence-electron chi connectivity index (χ3n) is 6.23. The van der Waals surface area contributed by atoms with Crippen LogP contribution in [0.1, 0.15) is 26.2 Å². The highest BCUT2D eigenvalue weighted by Crippen LogP contribution is 2.28. The van der Waals surface area contributed by atoms with Crippen molar-refractivity contribution in [2.24, 2.45) is 5.92 Å². The first-order valence-corrected chi connectivity index (χ1v) is 11.3. The van der Waals surface area contributed by atoms with E-state index in [1.54, 1.807) is 4.90 Å². The largest absolute Gasteiger partial charge is 0.352 e. The van der Waals surface area contributed by atoms with Crippen LogP contribution in [-0.4, -0.2) is 71.1 Å². The van der Waals surface area contributed by atoms with E-state index in [2.05, 4.69) is 15.1 Å². The van der Waals surface area contributed by atoms with Crippen molar-refractivity contribution < 1.29 is 9.59 Å². The van der Waals surface area contributed by atoms with Gasteiger partial charge in [0, 0.05) is 44.2 Å². The Balaban J connectivity index is 1.31. The predicted molar refractivity (Wildman–Crippen MR) is 121 cm³/mol. The fraction of sp³-hybridized carbons (Fsp3) is 0.478. The Morgan fingerprint density at radius 3 is 2.39 bits per heavy atom. The highest BCUT2D eigenvalue weighted by molar-refractivity contribution is 6.33. The van der Waals surface area contributed by atoms with Crippen LogP contribution < -0.4 is 4.90 Å². The number of aromatic nitrogens is 2. The maximum absolute atomic E-state index is 12.8. The maximum atomic E-state index is 12.8. The molecule has 7 nitrogen and oxygen atoms in total. The monoisotopic (exact) mass is 441 g/mol. The Labute approximate surface area is 188 Å². The van der Waals surface area contributed by atoms with Crippen LogP contribution in [0.3, 0.4) is 0 Å². The molecule has 164 valence electrons. The van der Waals surface area contributed by atoms with E-state index in [0.717, 1.165) is 36.3 Å². The first-order valence-electron chi connectivity index (χ1n) is 11.0. The van der Waals surface area contributed by atoms with Gasteiger partial charge in [0.25, 0.3) is 0 Å². The van der Waals surface area contributed by atoms with E-state index >= 15 is 0 Å². The van der Waals surface area contributed by atoms with Gasteiger partial charge in [-0.1, -0.05) is 36.2 Å². The number of benzene rings is 1. The average molecular weight is 442 g/mol. The van der Waals surface area contributed by atoms with Crippen molar-refractivity contribution in [3.63, 3.8) is 0 Å². The molecule has 1 saturated carbocycles. The van der Waals surface area contributed by atoms with Crippen LogP contribution in [0, 0.1) is 5.92 Å². The number of nitrogens with zero attached hydrogens (tertiary/aromatic N) is 5. The molecule has 1 aromatic carbocycles. The molecule has 1 aromatic heterocycles. The Bertz CT molecular complexity index is 924. The molecule has 2 aromatic rings. The Kier molecular flexibility index (Phi) is 6.70. The third-order valence-corrected chi connectivity index (χ3v) is 6.56. The fourth-order valence-electron chi connectivity index (χ4n) is 4.01. The molecule has 1 aliphatic carbocycles. The summed E-state index contributed by atoms with van der Waals surface area (Å²) >= 11 is 6.25. The van der Waals surface area contributed by atoms with Crippen molar-refractivity contribution in [3.05, 3.63) is 41.4 Å². The third kappa shape index (κ3) is 4.82. The first-order chi connectivity index (χ1) is 15.1. The number of likely N-dealkylation sites (N-methyl/N-ethyl adjacent to an activating group) is 1. The molecule has 0 bridgehead atoms. The predicted octanol–water partition coefficient (Wildman–Crippen LogP) is 3.09. The zero-order valence-corrected chi connectivity index (χ0v) is 18.6. The first kappa shape index (κ1) is 21.6. The number of hydrogen-bond donors (Lipinski definition) is 0. The van der Waals surface area contributed by atoms with Gasteiger partial charge in [0.2, 0.25) is 11.8 Å². The molecule has 2 amide bonds. The molecule has 4 rings (SSSR count). The summed E-state index contributed by atoms with van der Waals surface area (Å²) in [5.41, 5.74) is 1.59. The van der Waals surface area contributed by atoms with E-state index in [-0.39, 0.29) is 24.3 Å². The lowest BCUT2D eigenvalue weighted by molar-refractivity contribution is -0.144. The van der Waals surface area contributed by atoms with E-state index < -0.39 is 0 Å². The topological polar surface area (TPSA) is 69.6 Å². The SMILES string of the molecule is CCN(CC(=O)N1CCN(c2ccc(-c3ccccc3Cl)nn2)CC1)C(=O)C1CCC1. The molecule has 1 saturated heterocycles. The van der Waals surface area contributed by atoms with Crippen molar-refractivity contribution in [1.29, 1.82) is 0 Å². The minimum Gasteiger partial charge on any atom is -0.352 e. The van der Waals surface area contributed by atoms with Crippen LogP contribution in [0.25, 0.3) is 11.3 Å². The van der Waals surface area contributed by atoms with Gasteiger partial charge in [-0.25, -0.2) is 0 Å². The second-order valence-electron chi connectivity index (χ2n) is 8.10. The van der Waals surface area contributed by atoms with Gasteiger partial charge in [-0.3, -0.25) is 9.59 Å². The van der Waals surface area contributed by atoms with Gasteiger partial charge in [-0.15, -0.1) is 10.2 Å². The molecule has 0 unspecified atom stereocenters. The summed E-state index contributed by atoms with van der Waals surface area (Å²) in [6.45, 7) is 5.30. The van der Waals surface area contributed by atoms with Gasteiger partial charge in [-0.2, -0.15) is 0 Å². The van der Waals surface area contributed by atoms with Crippen LogP contribution in [0.15, 0.2) is 36.4 Å². The smallest absolute Gasteiger partial charge is 0.242 e. The molecule has 0 radical (unpaired) electrons. The molecular formula is C23H28ClN5O2. The van der Waals surface area contributed by atoms with Gasteiger partial charge in [0.05, 0.1) is 17.3 Å². The van der Waals surface area contributed by atoms with Crippen LogP contribution in [0.5, 0.6) is 0 Å². The number of hydrogen-bond acceptors (Lipinski definition) is 5. The summed E-state index contributed by atoms with van der Waals surface area (Å²) in [6, 6.07) is 11.4. The molecule has 31 heavy (non-hydrogen) atoms. The van der Waals surface area contributed by atoms with Crippen LogP contribution in [-0.2, 0) is 9.59 Å². The van der Waals surface area contributed by atoms with Gasteiger partial charge < -0.3 is 14.7 Å². The number of carbonyl (C=O) groups is 2. The van der Waals surface area contributed by atoms with Gasteiger partial charge in [0.1, 0.15) is 0 Å². The molecular weight excluding hydrogens is 414 g/mol. The second-order valence-corrected chi connectivity index (χ2v) is 8.51. The van der Waals surface area contributed by atoms with Crippen molar-refractivity contribution in [2.75, 3.05) is 44.2 Å². The van der Waals surface area contributed by atoms with Crippen LogP contribution in [0.4, 0.5) is 5.82 Å². The standard InChI is InChI=1S/C23H28ClN5O2/c1-2-27(23(31)17-6-5-7-17)16-22(30)29-14-12-28(13-15-29)21-11-10-20(25-26-21)18-8-3-4-9-19(18)24/h3-4,8-11,17H,2,5-7,12-16H2,1H3. The summed E-state index contributed by atoms with van der Waals surface area (Å²) in [5.74, 6) is 1.07. The lowest BCUT2D eigenvalue weighted by Gasteiger charge is -2.37. The van der Waals surface area contributed by atoms with E-state index in [9.17, 15) is 9.59 Å². The lowest BCUT2D eigenvalue weighted by Crippen LogP contribution is -2.52. The van der Waals surface area contributed by atoms with E-state index in [4.69, 9.17) is 11.6 Å². The zero-order valence-electron chi connectivity index (χ0n) is 17.8. The molecule has 0 atom stereocenters. The summed E-state index contributed by atoms with van der Waals surface area (Å²) < 4.78 is 0. The second kappa shape index (κ2) is 9.64. The zero-order chi connectivity index (χ0) is 21.8. The quantitative estimate of drug-likeness (QED) is 0.689. The summed E-state index contributed by atoms with van der Waals surface area (Å²) in [6.07, 6.45) is 3.03. The van der Waals surface area contributed by atoms with E-state index in [1.165, 1.54) is 0 Å². The van der Waals surface area contributed by atoms with Crippen molar-refractivity contribution in [1.82, 2.24) is 20.0 Å². The normalized spacial score (nSPS) is 16.7. The number of rotatable bonds is 6. The lowest BCUT2D eigenvalue weighted by atomic mass is 9.84.